The summed E-state index contributed by atoms with van der Waals surface area (Å²) < 4.78 is 5.44. The zero-order chi connectivity index (χ0) is 17.4. The van der Waals surface area contributed by atoms with Gasteiger partial charge in [0, 0.05) is 35.4 Å². The highest BCUT2D eigenvalue weighted by Crippen LogP contribution is 2.46. The summed E-state index contributed by atoms with van der Waals surface area (Å²) in [5.41, 5.74) is -0.0669. The number of phenols is 1. The maximum absolute atomic E-state index is 11.3. The van der Waals surface area contributed by atoms with Gasteiger partial charge >= 0.3 is 0 Å². The van der Waals surface area contributed by atoms with Gasteiger partial charge < -0.3 is 9.84 Å². The first-order valence-corrected chi connectivity index (χ1v) is 6.80. The number of hydrogen-bond donors (Lipinski definition) is 1. The van der Waals surface area contributed by atoms with Crippen molar-refractivity contribution in [2.75, 3.05) is 0 Å². The van der Waals surface area contributed by atoms with E-state index in [1.807, 2.05) is 0 Å². The Morgan fingerprint density at radius 1 is 1.00 bits per heavy atom. The second kappa shape index (κ2) is 5.61. The van der Waals surface area contributed by atoms with Crippen LogP contribution in [0.5, 0.6) is 11.5 Å². The SMILES string of the molecule is O=CC1Oc2ccc([N+](=O)[O-])cc2C1c1cc([N+](=O)[O-])ccc1O. The van der Waals surface area contributed by atoms with Gasteiger partial charge in [-0.25, -0.2) is 0 Å². The van der Waals surface area contributed by atoms with E-state index in [1.165, 1.54) is 18.2 Å². The molecule has 2 unspecified atom stereocenters. The number of nitrogens with zero attached hydrogens (tertiary/aromatic N) is 2. The van der Waals surface area contributed by atoms with Gasteiger partial charge in [0.25, 0.3) is 11.4 Å². The van der Waals surface area contributed by atoms with Gasteiger partial charge in [-0.15, -0.1) is 0 Å². The van der Waals surface area contributed by atoms with Gasteiger partial charge in [0.05, 0.1) is 15.8 Å². The molecule has 1 aliphatic rings. The number of aldehydes is 1. The number of rotatable bonds is 4. The number of fused-ring (bicyclic) bond motifs is 1. The molecule has 0 aromatic heterocycles. The molecule has 3 rings (SSSR count). The summed E-state index contributed by atoms with van der Waals surface area (Å²) >= 11 is 0. The Hall–Kier alpha value is -3.49. The predicted molar refractivity (Wildman–Crippen MR) is 80.2 cm³/mol. The van der Waals surface area contributed by atoms with Crippen LogP contribution >= 0.6 is 0 Å². The normalized spacial score (nSPS) is 18.5. The summed E-state index contributed by atoms with van der Waals surface area (Å²) in [6, 6.07) is 7.23. The van der Waals surface area contributed by atoms with Crippen LogP contribution in [0.2, 0.25) is 0 Å². The zero-order valence-corrected chi connectivity index (χ0v) is 12.0. The molecule has 0 amide bonds. The van der Waals surface area contributed by atoms with E-state index in [0.717, 1.165) is 18.2 Å². The average molecular weight is 330 g/mol. The first kappa shape index (κ1) is 15.4. The number of hydrogen-bond acceptors (Lipinski definition) is 7. The Morgan fingerprint density at radius 2 is 1.58 bits per heavy atom. The number of nitro benzene ring substituents is 2. The highest BCUT2D eigenvalue weighted by atomic mass is 16.6. The van der Waals surface area contributed by atoms with Crippen LogP contribution in [-0.4, -0.2) is 27.3 Å². The highest BCUT2D eigenvalue weighted by Gasteiger charge is 2.38. The minimum Gasteiger partial charge on any atom is -0.508 e. The van der Waals surface area contributed by atoms with Crippen LogP contribution in [-0.2, 0) is 4.79 Å². The summed E-state index contributed by atoms with van der Waals surface area (Å²) in [5.74, 6) is -0.883. The molecule has 122 valence electrons. The lowest BCUT2D eigenvalue weighted by atomic mass is 9.87. The molecular weight excluding hydrogens is 320 g/mol. The van der Waals surface area contributed by atoms with E-state index in [-0.39, 0.29) is 28.4 Å². The molecule has 0 aliphatic carbocycles. The molecule has 2 aromatic rings. The van der Waals surface area contributed by atoms with Crippen molar-refractivity contribution in [2.45, 2.75) is 12.0 Å². The number of nitro groups is 2. The predicted octanol–water partition coefficient (Wildman–Crippen LogP) is 2.30. The molecule has 2 aromatic carbocycles. The minimum atomic E-state index is -1.05. The first-order chi connectivity index (χ1) is 11.4. The van der Waals surface area contributed by atoms with Crippen LogP contribution in [0.1, 0.15) is 17.0 Å². The molecule has 0 spiro atoms. The number of carbonyl (C=O) groups is 1. The van der Waals surface area contributed by atoms with Crippen molar-refractivity contribution in [1.82, 2.24) is 0 Å². The molecule has 0 saturated carbocycles. The van der Waals surface area contributed by atoms with E-state index in [2.05, 4.69) is 0 Å². The minimum absolute atomic E-state index is 0.0977. The van der Waals surface area contributed by atoms with Crippen molar-refractivity contribution < 1.29 is 24.5 Å². The van der Waals surface area contributed by atoms with Crippen LogP contribution < -0.4 is 4.74 Å². The summed E-state index contributed by atoms with van der Waals surface area (Å²) in [6.07, 6.45) is -0.552. The molecule has 1 N–H and O–H groups in total. The van der Waals surface area contributed by atoms with Gasteiger partial charge in [-0.3, -0.25) is 25.0 Å². The Balaban J connectivity index is 2.19. The van der Waals surface area contributed by atoms with Gasteiger partial charge in [-0.2, -0.15) is 0 Å². The van der Waals surface area contributed by atoms with Crippen molar-refractivity contribution >= 4 is 17.7 Å². The molecule has 0 saturated heterocycles. The fourth-order valence-electron chi connectivity index (χ4n) is 2.75. The standard InChI is InChI=1S/C15H10N2O7/c18-7-14-15(10-5-8(16(20)21)1-3-12(10)19)11-6-9(17(22)23)2-4-13(11)24-14/h1-7,14-15,19H. The largest absolute Gasteiger partial charge is 0.508 e. The Kier molecular flexibility index (Phi) is 3.60. The monoisotopic (exact) mass is 330 g/mol. The molecule has 0 bridgehead atoms. The molecule has 1 heterocycles. The summed E-state index contributed by atoms with van der Waals surface area (Å²) in [4.78, 5) is 32.0. The molecule has 0 radical (unpaired) electrons. The maximum Gasteiger partial charge on any atom is 0.269 e. The van der Waals surface area contributed by atoms with Gasteiger partial charge in [-0.1, -0.05) is 0 Å². The van der Waals surface area contributed by atoms with Gasteiger partial charge in [0.15, 0.2) is 12.4 Å². The smallest absolute Gasteiger partial charge is 0.269 e. The van der Waals surface area contributed by atoms with Crippen molar-refractivity contribution in [3.8, 4) is 11.5 Å². The van der Waals surface area contributed by atoms with Crippen LogP contribution in [0.15, 0.2) is 36.4 Å². The third kappa shape index (κ3) is 2.41. The van der Waals surface area contributed by atoms with Gasteiger partial charge in [0.2, 0.25) is 0 Å². The third-order valence-electron chi connectivity index (χ3n) is 3.82. The summed E-state index contributed by atoms with van der Waals surface area (Å²) in [7, 11) is 0. The maximum atomic E-state index is 11.3. The van der Waals surface area contributed by atoms with E-state index < -0.39 is 21.9 Å². The number of carbonyl (C=O) groups excluding carboxylic acids is 1. The zero-order valence-electron chi connectivity index (χ0n) is 12.0. The van der Waals surface area contributed by atoms with Crippen molar-refractivity contribution in [3.63, 3.8) is 0 Å². The number of aromatic hydroxyl groups is 1. The molecule has 2 atom stereocenters. The van der Waals surface area contributed by atoms with Crippen LogP contribution in [0.3, 0.4) is 0 Å². The molecule has 0 fully saturated rings. The Morgan fingerprint density at radius 3 is 2.17 bits per heavy atom. The van der Waals surface area contributed by atoms with Crippen molar-refractivity contribution in [1.29, 1.82) is 0 Å². The van der Waals surface area contributed by atoms with E-state index in [9.17, 15) is 30.1 Å². The van der Waals surface area contributed by atoms with Crippen LogP contribution in [0.4, 0.5) is 11.4 Å². The summed E-state index contributed by atoms with van der Waals surface area (Å²) in [6.45, 7) is 0. The third-order valence-corrected chi connectivity index (χ3v) is 3.82. The Labute approximate surface area is 134 Å². The molecule has 9 heteroatoms. The number of phenolic OH excluding ortho intramolecular Hbond substituents is 1. The molecular formula is C15H10N2O7. The average Bonchev–Trinajstić information content (AvgIpc) is 2.92. The quantitative estimate of drug-likeness (QED) is 0.516. The van der Waals surface area contributed by atoms with E-state index >= 15 is 0 Å². The number of non-ortho nitro benzene ring substituents is 2. The molecule has 9 nitrogen and oxygen atoms in total. The van der Waals surface area contributed by atoms with Crippen molar-refractivity contribution in [2.24, 2.45) is 0 Å². The topological polar surface area (TPSA) is 133 Å². The van der Waals surface area contributed by atoms with Crippen LogP contribution in [0.25, 0.3) is 0 Å². The van der Waals surface area contributed by atoms with Gasteiger partial charge in [-0.05, 0) is 12.1 Å². The first-order valence-electron chi connectivity index (χ1n) is 6.80. The van der Waals surface area contributed by atoms with E-state index in [0.29, 0.717) is 11.8 Å². The number of benzene rings is 2. The molecule has 1 aliphatic heterocycles. The van der Waals surface area contributed by atoms with E-state index in [4.69, 9.17) is 4.74 Å². The second-order valence-electron chi connectivity index (χ2n) is 5.18. The summed E-state index contributed by atoms with van der Waals surface area (Å²) in [5, 5.41) is 32.0. The van der Waals surface area contributed by atoms with Gasteiger partial charge in [0.1, 0.15) is 11.5 Å². The fourth-order valence-corrected chi connectivity index (χ4v) is 2.75. The number of ether oxygens (including phenoxy) is 1. The lowest BCUT2D eigenvalue weighted by molar-refractivity contribution is -0.385. The molecule has 24 heavy (non-hydrogen) atoms. The second-order valence-corrected chi connectivity index (χ2v) is 5.18. The van der Waals surface area contributed by atoms with Crippen molar-refractivity contribution in [3.05, 3.63) is 67.8 Å². The lowest BCUT2D eigenvalue weighted by Gasteiger charge is -2.15. The van der Waals surface area contributed by atoms with Crippen LogP contribution in [0, 0.1) is 20.2 Å². The Bertz CT molecular complexity index is 865. The van der Waals surface area contributed by atoms with E-state index in [1.54, 1.807) is 0 Å². The lowest BCUT2D eigenvalue weighted by Crippen LogP contribution is -2.21. The fraction of sp³-hybridized carbons (Fsp3) is 0.133. The highest BCUT2D eigenvalue weighted by molar-refractivity contribution is 5.68.